The predicted octanol–water partition coefficient (Wildman–Crippen LogP) is 2.63. The van der Waals surface area contributed by atoms with Crippen LogP contribution in [0.3, 0.4) is 0 Å². The monoisotopic (exact) mass is 217 g/mol. The third-order valence-corrected chi connectivity index (χ3v) is 2.98. The number of alkyl halides is 2. The Hall–Kier alpha value is -0.810. The first kappa shape index (κ1) is 9.73. The van der Waals surface area contributed by atoms with Crippen molar-refractivity contribution >= 4 is 17.4 Å². The highest BCUT2D eigenvalue weighted by molar-refractivity contribution is 7.11. The standard InChI is InChI=1S/C9H9F2NOS/c1-5-12-7-3-2-6(13-9(10)11)4-8(7)14-5/h2-3,6,9H,4H2,1H3. The van der Waals surface area contributed by atoms with Gasteiger partial charge in [-0.15, -0.1) is 11.3 Å². The maximum absolute atomic E-state index is 11.9. The van der Waals surface area contributed by atoms with Crippen molar-refractivity contribution in [1.82, 2.24) is 4.98 Å². The van der Waals surface area contributed by atoms with Crippen LogP contribution in [0, 0.1) is 6.92 Å². The first-order valence-electron chi connectivity index (χ1n) is 4.23. The fourth-order valence-corrected chi connectivity index (χ4v) is 2.40. The van der Waals surface area contributed by atoms with Gasteiger partial charge in [-0.1, -0.05) is 6.08 Å². The van der Waals surface area contributed by atoms with Crippen LogP contribution < -0.4 is 0 Å². The molecule has 76 valence electrons. The van der Waals surface area contributed by atoms with Gasteiger partial charge in [-0.25, -0.2) is 4.98 Å². The number of fused-ring (bicyclic) bond motifs is 1. The van der Waals surface area contributed by atoms with E-state index in [-0.39, 0.29) is 0 Å². The molecule has 1 atom stereocenters. The molecule has 0 saturated heterocycles. The third-order valence-electron chi connectivity index (χ3n) is 1.97. The van der Waals surface area contributed by atoms with Gasteiger partial charge in [0, 0.05) is 11.3 Å². The summed E-state index contributed by atoms with van der Waals surface area (Å²) < 4.78 is 28.3. The first-order chi connectivity index (χ1) is 6.65. The van der Waals surface area contributed by atoms with Crippen LogP contribution in [0.2, 0.25) is 0 Å². The van der Waals surface area contributed by atoms with E-state index in [1.165, 1.54) is 11.3 Å². The topological polar surface area (TPSA) is 22.1 Å². The number of rotatable bonds is 2. The van der Waals surface area contributed by atoms with Crippen molar-refractivity contribution in [2.24, 2.45) is 0 Å². The molecule has 1 aromatic rings. The van der Waals surface area contributed by atoms with Crippen LogP contribution in [0.5, 0.6) is 0 Å². The quantitative estimate of drug-likeness (QED) is 0.759. The van der Waals surface area contributed by atoms with Crippen LogP contribution in [0.15, 0.2) is 6.08 Å². The van der Waals surface area contributed by atoms with E-state index in [1.54, 1.807) is 12.2 Å². The van der Waals surface area contributed by atoms with Crippen molar-refractivity contribution in [2.45, 2.75) is 26.1 Å². The number of aromatic nitrogens is 1. The molecular weight excluding hydrogens is 208 g/mol. The molecule has 0 aromatic carbocycles. The Bertz CT molecular complexity index is 362. The molecule has 0 radical (unpaired) electrons. The summed E-state index contributed by atoms with van der Waals surface area (Å²) in [4.78, 5) is 5.28. The summed E-state index contributed by atoms with van der Waals surface area (Å²) in [5.41, 5.74) is 0.890. The van der Waals surface area contributed by atoms with Gasteiger partial charge in [0.25, 0.3) is 0 Å². The van der Waals surface area contributed by atoms with Gasteiger partial charge in [-0.05, 0) is 13.0 Å². The van der Waals surface area contributed by atoms with Gasteiger partial charge in [0.1, 0.15) is 0 Å². The number of hydrogen-bond donors (Lipinski definition) is 0. The molecule has 0 aliphatic heterocycles. The second-order valence-electron chi connectivity index (χ2n) is 3.04. The number of halogens is 2. The van der Waals surface area contributed by atoms with E-state index >= 15 is 0 Å². The van der Waals surface area contributed by atoms with Crippen molar-refractivity contribution in [3.63, 3.8) is 0 Å². The summed E-state index contributed by atoms with van der Waals surface area (Å²) in [6, 6.07) is 0. The SMILES string of the molecule is Cc1nc2c(s1)CC(OC(F)F)C=C2. The lowest BCUT2D eigenvalue weighted by Crippen LogP contribution is -2.18. The maximum atomic E-state index is 11.9. The zero-order valence-corrected chi connectivity index (χ0v) is 8.35. The lowest BCUT2D eigenvalue weighted by molar-refractivity contribution is -0.149. The Morgan fingerprint density at radius 3 is 3.14 bits per heavy atom. The Morgan fingerprint density at radius 2 is 2.43 bits per heavy atom. The fourth-order valence-electron chi connectivity index (χ4n) is 1.44. The van der Waals surface area contributed by atoms with E-state index in [0.717, 1.165) is 15.6 Å². The summed E-state index contributed by atoms with van der Waals surface area (Å²) in [6.07, 6.45) is 3.37. The Labute approximate surface area is 84.2 Å². The number of nitrogens with zero attached hydrogens (tertiary/aromatic N) is 1. The lowest BCUT2D eigenvalue weighted by Gasteiger charge is -2.15. The average molecular weight is 217 g/mol. The third kappa shape index (κ3) is 1.99. The van der Waals surface area contributed by atoms with Crippen molar-refractivity contribution < 1.29 is 13.5 Å². The van der Waals surface area contributed by atoms with Crippen molar-refractivity contribution in [3.8, 4) is 0 Å². The van der Waals surface area contributed by atoms with E-state index in [4.69, 9.17) is 0 Å². The summed E-state index contributed by atoms with van der Waals surface area (Å²) >= 11 is 1.53. The molecule has 2 nitrogen and oxygen atoms in total. The zero-order valence-electron chi connectivity index (χ0n) is 7.54. The van der Waals surface area contributed by atoms with Gasteiger partial charge in [0.05, 0.1) is 16.8 Å². The minimum Gasteiger partial charge on any atom is -0.315 e. The van der Waals surface area contributed by atoms with E-state index in [9.17, 15) is 8.78 Å². The molecule has 0 bridgehead atoms. The van der Waals surface area contributed by atoms with Crippen LogP contribution in [0.4, 0.5) is 8.78 Å². The van der Waals surface area contributed by atoms with Crippen molar-refractivity contribution in [1.29, 1.82) is 0 Å². The molecule has 1 aromatic heterocycles. The molecule has 14 heavy (non-hydrogen) atoms. The molecule has 0 spiro atoms. The summed E-state index contributed by atoms with van der Waals surface area (Å²) in [5.74, 6) is 0. The van der Waals surface area contributed by atoms with Gasteiger partial charge in [-0.3, -0.25) is 0 Å². The van der Waals surface area contributed by atoms with E-state index in [0.29, 0.717) is 6.42 Å². The van der Waals surface area contributed by atoms with Crippen LogP contribution in [0.25, 0.3) is 6.08 Å². The number of hydrogen-bond acceptors (Lipinski definition) is 3. The van der Waals surface area contributed by atoms with Gasteiger partial charge in [-0.2, -0.15) is 8.78 Å². The smallest absolute Gasteiger partial charge is 0.315 e. The molecule has 1 heterocycles. The van der Waals surface area contributed by atoms with Gasteiger partial charge in [0.2, 0.25) is 0 Å². The van der Waals surface area contributed by atoms with Crippen LogP contribution in [0.1, 0.15) is 15.6 Å². The second-order valence-corrected chi connectivity index (χ2v) is 4.33. The Morgan fingerprint density at radius 1 is 1.64 bits per heavy atom. The highest BCUT2D eigenvalue weighted by Gasteiger charge is 2.20. The highest BCUT2D eigenvalue weighted by Crippen LogP contribution is 2.26. The first-order valence-corrected chi connectivity index (χ1v) is 5.05. The zero-order chi connectivity index (χ0) is 10.1. The molecule has 0 saturated carbocycles. The molecule has 1 unspecified atom stereocenters. The van der Waals surface area contributed by atoms with E-state index in [1.807, 2.05) is 6.92 Å². The minimum atomic E-state index is -2.71. The number of thiazole rings is 1. The van der Waals surface area contributed by atoms with E-state index in [2.05, 4.69) is 9.72 Å². The number of aryl methyl sites for hydroxylation is 1. The van der Waals surface area contributed by atoms with E-state index < -0.39 is 12.7 Å². The lowest BCUT2D eigenvalue weighted by atomic mass is 10.1. The molecule has 0 amide bonds. The molecule has 0 fully saturated rings. The molecule has 5 heteroatoms. The predicted molar refractivity (Wildman–Crippen MR) is 50.5 cm³/mol. The second kappa shape index (κ2) is 3.74. The number of ether oxygens (including phenoxy) is 1. The molecule has 0 N–H and O–H groups in total. The maximum Gasteiger partial charge on any atom is 0.345 e. The van der Waals surface area contributed by atoms with Gasteiger partial charge in [0.15, 0.2) is 0 Å². The minimum absolute atomic E-state index is 0.502. The Balaban J connectivity index is 2.12. The Kier molecular flexibility index (Phi) is 2.60. The van der Waals surface area contributed by atoms with Gasteiger partial charge >= 0.3 is 6.61 Å². The summed E-state index contributed by atoms with van der Waals surface area (Å²) in [6.45, 7) is -0.806. The van der Waals surface area contributed by atoms with Crippen molar-refractivity contribution in [3.05, 3.63) is 21.7 Å². The summed E-state index contributed by atoms with van der Waals surface area (Å²) in [7, 11) is 0. The molecule has 2 rings (SSSR count). The summed E-state index contributed by atoms with van der Waals surface area (Å²) in [5, 5.41) is 0.956. The van der Waals surface area contributed by atoms with Crippen molar-refractivity contribution in [2.75, 3.05) is 0 Å². The molecule has 1 aliphatic rings. The fraction of sp³-hybridized carbons (Fsp3) is 0.444. The highest BCUT2D eigenvalue weighted by atomic mass is 32.1. The molecular formula is C9H9F2NOS. The van der Waals surface area contributed by atoms with Crippen LogP contribution >= 0.6 is 11.3 Å². The molecule has 1 aliphatic carbocycles. The van der Waals surface area contributed by atoms with Crippen LogP contribution in [-0.2, 0) is 11.2 Å². The largest absolute Gasteiger partial charge is 0.345 e. The average Bonchev–Trinajstić information content (AvgIpc) is 2.42. The van der Waals surface area contributed by atoms with Gasteiger partial charge < -0.3 is 4.74 Å². The van der Waals surface area contributed by atoms with Crippen LogP contribution in [-0.4, -0.2) is 17.7 Å². The normalized spacial score (nSPS) is 20.1.